The van der Waals surface area contributed by atoms with Crippen LogP contribution in [0.4, 0.5) is 10.1 Å². The van der Waals surface area contributed by atoms with Gasteiger partial charge in [0.05, 0.1) is 6.54 Å². The first kappa shape index (κ1) is 15.9. The summed E-state index contributed by atoms with van der Waals surface area (Å²) in [5, 5.41) is 2.73. The third-order valence-corrected chi connectivity index (χ3v) is 4.46. The smallest absolute Gasteiger partial charge is 0.238 e. The Hall–Kier alpha value is -1.46. The molecular weight excluding hydrogens is 269 g/mol. The summed E-state index contributed by atoms with van der Waals surface area (Å²) in [5.74, 6) is -0.492. The second-order valence-corrected chi connectivity index (χ2v) is 5.90. The van der Waals surface area contributed by atoms with E-state index in [2.05, 4.69) is 10.2 Å². The Morgan fingerprint density at radius 2 is 2.10 bits per heavy atom. The number of halogens is 1. The lowest BCUT2D eigenvalue weighted by atomic mass is 9.80. The molecule has 0 radical (unpaired) electrons. The van der Waals surface area contributed by atoms with Crippen LogP contribution in [0.2, 0.25) is 0 Å². The monoisotopic (exact) mass is 293 g/mol. The normalized spacial score (nSPS) is 17.7. The van der Waals surface area contributed by atoms with E-state index < -0.39 is 0 Å². The number of carbonyl (C=O) groups excluding carboxylic acids is 1. The van der Waals surface area contributed by atoms with Crippen LogP contribution in [0, 0.1) is 5.82 Å². The minimum absolute atomic E-state index is 0.0719. The molecule has 0 aromatic heterocycles. The van der Waals surface area contributed by atoms with Crippen molar-refractivity contribution in [1.82, 2.24) is 4.90 Å². The number of likely N-dealkylation sites (N-methyl/N-ethyl adjacent to an activating group) is 1. The number of amides is 1. The van der Waals surface area contributed by atoms with Crippen LogP contribution in [-0.4, -0.2) is 36.5 Å². The Morgan fingerprint density at radius 3 is 2.71 bits per heavy atom. The van der Waals surface area contributed by atoms with E-state index in [-0.39, 0.29) is 23.8 Å². The molecule has 0 atom stereocenters. The number of rotatable bonds is 5. The highest BCUT2D eigenvalue weighted by Gasteiger charge is 2.35. The van der Waals surface area contributed by atoms with Crippen LogP contribution >= 0.6 is 0 Å². The third-order valence-electron chi connectivity index (χ3n) is 4.46. The van der Waals surface area contributed by atoms with Gasteiger partial charge in [0.2, 0.25) is 5.91 Å². The molecule has 4 nitrogen and oxygen atoms in total. The molecule has 1 aliphatic carbocycles. The van der Waals surface area contributed by atoms with Crippen molar-refractivity contribution in [3.05, 3.63) is 30.1 Å². The van der Waals surface area contributed by atoms with Crippen molar-refractivity contribution in [2.24, 2.45) is 5.73 Å². The van der Waals surface area contributed by atoms with Crippen molar-refractivity contribution in [2.45, 2.75) is 37.6 Å². The van der Waals surface area contributed by atoms with Crippen LogP contribution in [0.1, 0.15) is 32.1 Å². The third kappa shape index (κ3) is 4.02. The number of anilines is 1. The van der Waals surface area contributed by atoms with Crippen LogP contribution in [0.15, 0.2) is 24.3 Å². The summed E-state index contributed by atoms with van der Waals surface area (Å²) in [6.07, 6.45) is 5.63. The highest BCUT2D eigenvalue weighted by Crippen LogP contribution is 2.31. The van der Waals surface area contributed by atoms with Crippen molar-refractivity contribution in [3.63, 3.8) is 0 Å². The first-order chi connectivity index (χ1) is 10.1. The fourth-order valence-electron chi connectivity index (χ4n) is 3.10. The molecule has 0 heterocycles. The molecule has 1 amide bonds. The molecule has 0 saturated heterocycles. The summed E-state index contributed by atoms with van der Waals surface area (Å²) in [5.41, 5.74) is 6.38. The number of nitrogens with two attached hydrogens (primary N) is 1. The largest absolute Gasteiger partial charge is 0.329 e. The molecule has 0 aliphatic heterocycles. The van der Waals surface area contributed by atoms with E-state index in [1.165, 1.54) is 18.6 Å². The Kier molecular flexibility index (Phi) is 5.31. The second-order valence-electron chi connectivity index (χ2n) is 5.90. The van der Waals surface area contributed by atoms with Gasteiger partial charge in [-0.05, 0) is 38.1 Å². The van der Waals surface area contributed by atoms with Gasteiger partial charge in [-0.15, -0.1) is 0 Å². The summed E-state index contributed by atoms with van der Waals surface area (Å²) in [4.78, 5) is 14.2. The number of nitrogens with zero attached hydrogens (tertiary/aromatic N) is 1. The number of hydrogen-bond acceptors (Lipinski definition) is 3. The first-order valence-corrected chi connectivity index (χ1v) is 7.52. The number of hydrogen-bond donors (Lipinski definition) is 2. The van der Waals surface area contributed by atoms with Crippen LogP contribution in [-0.2, 0) is 4.79 Å². The topological polar surface area (TPSA) is 58.4 Å². The molecule has 0 unspecified atom stereocenters. The van der Waals surface area contributed by atoms with Crippen molar-refractivity contribution < 1.29 is 9.18 Å². The molecule has 5 heteroatoms. The Balaban J connectivity index is 1.95. The molecular formula is C16H24FN3O. The Bertz CT molecular complexity index is 486. The quantitative estimate of drug-likeness (QED) is 0.876. The van der Waals surface area contributed by atoms with E-state index >= 15 is 0 Å². The summed E-state index contributed by atoms with van der Waals surface area (Å²) in [7, 11) is 1.95. The van der Waals surface area contributed by atoms with Crippen molar-refractivity contribution in [2.75, 3.05) is 25.5 Å². The maximum Gasteiger partial charge on any atom is 0.238 e. The summed E-state index contributed by atoms with van der Waals surface area (Å²) >= 11 is 0. The standard InChI is InChI=1S/C16H24FN3O/c1-20(16(12-18)8-3-2-4-9-16)11-15(21)19-14-7-5-6-13(17)10-14/h5-7,10H,2-4,8-9,11-12,18H2,1H3,(H,19,21). The molecule has 0 spiro atoms. The summed E-state index contributed by atoms with van der Waals surface area (Å²) in [6.45, 7) is 0.838. The number of nitrogens with one attached hydrogen (secondary N) is 1. The van der Waals surface area contributed by atoms with Gasteiger partial charge in [0.1, 0.15) is 5.82 Å². The van der Waals surface area contributed by atoms with Crippen LogP contribution < -0.4 is 11.1 Å². The van der Waals surface area contributed by atoms with Gasteiger partial charge < -0.3 is 11.1 Å². The van der Waals surface area contributed by atoms with Crippen molar-refractivity contribution >= 4 is 11.6 Å². The van der Waals surface area contributed by atoms with Crippen molar-refractivity contribution in [3.8, 4) is 0 Å². The van der Waals surface area contributed by atoms with Gasteiger partial charge in [-0.3, -0.25) is 9.69 Å². The second kappa shape index (κ2) is 7.00. The Labute approximate surface area is 125 Å². The zero-order valence-electron chi connectivity index (χ0n) is 12.6. The maximum absolute atomic E-state index is 13.1. The van der Waals surface area contributed by atoms with Gasteiger partial charge in [-0.25, -0.2) is 4.39 Å². The molecule has 116 valence electrons. The molecule has 1 fully saturated rings. The lowest BCUT2D eigenvalue weighted by Gasteiger charge is -2.43. The summed E-state index contributed by atoms with van der Waals surface area (Å²) < 4.78 is 13.1. The molecule has 1 aliphatic rings. The minimum atomic E-state index is -0.355. The zero-order chi connectivity index (χ0) is 15.3. The highest BCUT2D eigenvalue weighted by atomic mass is 19.1. The molecule has 1 aromatic carbocycles. The number of carbonyl (C=O) groups is 1. The molecule has 1 aromatic rings. The minimum Gasteiger partial charge on any atom is -0.329 e. The highest BCUT2D eigenvalue weighted by molar-refractivity contribution is 5.92. The fourth-order valence-corrected chi connectivity index (χ4v) is 3.10. The first-order valence-electron chi connectivity index (χ1n) is 7.52. The molecule has 21 heavy (non-hydrogen) atoms. The van der Waals surface area contributed by atoms with E-state index in [1.807, 2.05) is 7.05 Å². The predicted molar refractivity (Wildman–Crippen MR) is 82.5 cm³/mol. The van der Waals surface area contributed by atoms with Crippen LogP contribution in [0.5, 0.6) is 0 Å². The molecule has 1 saturated carbocycles. The van der Waals surface area contributed by atoms with Gasteiger partial charge in [-0.1, -0.05) is 25.3 Å². The van der Waals surface area contributed by atoms with E-state index in [0.29, 0.717) is 12.2 Å². The van der Waals surface area contributed by atoms with E-state index in [9.17, 15) is 9.18 Å². The van der Waals surface area contributed by atoms with Crippen LogP contribution in [0.3, 0.4) is 0 Å². The van der Waals surface area contributed by atoms with Gasteiger partial charge in [0.15, 0.2) is 0 Å². The van der Waals surface area contributed by atoms with Gasteiger partial charge in [0.25, 0.3) is 0 Å². The summed E-state index contributed by atoms with van der Waals surface area (Å²) in [6, 6.07) is 5.93. The van der Waals surface area contributed by atoms with Crippen molar-refractivity contribution in [1.29, 1.82) is 0 Å². The SMILES string of the molecule is CN(CC(=O)Nc1cccc(F)c1)C1(CN)CCCCC1. The number of benzene rings is 1. The molecule has 3 N–H and O–H groups in total. The van der Waals surface area contributed by atoms with Gasteiger partial charge >= 0.3 is 0 Å². The van der Waals surface area contributed by atoms with E-state index in [0.717, 1.165) is 25.7 Å². The average Bonchev–Trinajstić information content (AvgIpc) is 2.47. The zero-order valence-corrected chi connectivity index (χ0v) is 12.6. The molecule has 0 bridgehead atoms. The Morgan fingerprint density at radius 1 is 1.38 bits per heavy atom. The average molecular weight is 293 g/mol. The maximum atomic E-state index is 13.1. The predicted octanol–water partition coefficient (Wildman–Crippen LogP) is 2.36. The van der Waals surface area contributed by atoms with Gasteiger partial charge in [-0.2, -0.15) is 0 Å². The van der Waals surface area contributed by atoms with Crippen LogP contribution in [0.25, 0.3) is 0 Å². The lowest BCUT2D eigenvalue weighted by Crippen LogP contribution is -2.55. The van der Waals surface area contributed by atoms with E-state index in [4.69, 9.17) is 5.73 Å². The fraction of sp³-hybridized carbons (Fsp3) is 0.562. The van der Waals surface area contributed by atoms with E-state index in [1.54, 1.807) is 12.1 Å². The van der Waals surface area contributed by atoms with Gasteiger partial charge in [0, 0.05) is 17.8 Å². The lowest BCUT2D eigenvalue weighted by molar-refractivity contribution is -0.118. The molecule has 2 rings (SSSR count).